The molecule has 2 N–H and O–H groups in total. The molecule has 1 aliphatic rings. The molecule has 0 aliphatic heterocycles. The van der Waals surface area contributed by atoms with Crippen molar-refractivity contribution in [2.45, 2.75) is 51.5 Å². The zero-order chi connectivity index (χ0) is 11.9. The second kappa shape index (κ2) is 6.48. The fraction of sp³-hybridized carbons (Fsp3) is 0.643. The molecule has 2 rings (SSSR count). The van der Waals surface area contributed by atoms with Crippen molar-refractivity contribution in [1.82, 2.24) is 4.98 Å². The van der Waals surface area contributed by atoms with Crippen LogP contribution in [0.1, 0.15) is 45.4 Å². The van der Waals surface area contributed by atoms with E-state index in [1.54, 1.807) is 0 Å². The van der Waals surface area contributed by atoms with Gasteiger partial charge in [-0.3, -0.25) is 0 Å². The maximum atomic E-state index is 4.56. The normalized spacial score (nSPS) is 17.5. The van der Waals surface area contributed by atoms with Crippen LogP contribution >= 0.6 is 0 Å². The van der Waals surface area contributed by atoms with Gasteiger partial charge in [-0.1, -0.05) is 31.7 Å². The summed E-state index contributed by atoms with van der Waals surface area (Å²) < 4.78 is 0. The lowest BCUT2D eigenvalue weighted by Gasteiger charge is -2.17. The van der Waals surface area contributed by atoms with E-state index < -0.39 is 0 Å². The number of hydrogen-bond acceptors (Lipinski definition) is 3. The van der Waals surface area contributed by atoms with Gasteiger partial charge >= 0.3 is 0 Å². The molecule has 1 aromatic heterocycles. The smallest absolute Gasteiger partial charge is 0.128 e. The molecular weight excluding hydrogens is 210 g/mol. The molecule has 0 unspecified atom stereocenters. The maximum Gasteiger partial charge on any atom is 0.128 e. The number of aromatic nitrogens is 1. The zero-order valence-electron chi connectivity index (χ0n) is 10.7. The molecule has 0 spiro atoms. The summed E-state index contributed by atoms with van der Waals surface area (Å²) in [6.45, 7) is 3.01. The van der Waals surface area contributed by atoms with E-state index in [1.165, 1.54) is 38.5 Å². The molecule has 3 heteroatoms. The van der Waals surface area contributed by atoms with Crippen LogP contribution < -0.4 is 10.6 Å². The summed E-state index contributed by atoms with van der Waals surface area (Å²) in [5.74, 6) is 1.97. The molecule has 0 saturated heterocycles. The molecule has 1 heterocycles. The minimum Gasteiger partial charge on any atom is -0.370 e. The van der Waals surface area contributed by atoms with Crippen LogP contribution in [0.25, 0.3) is 0 Å². The lowest BCUT2D eigenvalue weighted by Crippen LogP contribution is -2.19. The van der Waals surface area contributed by atoms with E-state index in [1.807, 2.05) is 6.07 Å². The van der Waals surface area contributed by atoms with Gasteiger partial charge in [-0.15, -0.1) is 0 Å². The Bertz CT molecular complexity index is 330. The van der Waals surface area contributed by atoms with E-state index in [-0.39, 0.29) is 0 Å². The molecule has 0 atom stereocenters. The SMILES string of the molecule is CCNc1cccc(NC2CCCCCC2)n1. The van der Waals surface area contributed by atoms with E-state index in [4.69, 9.17) is 0 Å². The van der Waals surface area contributed by atoms with Crippen molar-refractivity contribution in [2.75, 3.05) is 17.2 Å². The molecule has 0 amide bonds. The number of hydrogen-bond donors (Lipinski definition) is 2. The van der Waals surface area contributed by atoms with E-state index in [0.29, 0.717) is 6.04 Å². The maximum absolute atomic E-state index is 4.56. The lowest BCUT2D eigenvalue weighted by atomic mass is 10.1. The van der Waals surface area contributed by atoms with E-state index in [0.717, 1.165) is 18.2 Å². The van der Waals surface area contributed by atoms with Crippen LogP contribution in [0.4, 0.5) is 11.6 Å². The van der Waals surface area contributed by atoms with Gasteiger partial charge in [0.2, 0.25) is 0 Å². The highest BCUT2D eigenvalue weighted by Crippen LogP contribution is 2.20. The van der Waals surface area contributed by atoms with Crippen LogP contribution in [0.3, 0.4) is 0 Å². The van der Waals surface area contributed by atoms with Gasteiger partial charge in [0, 0.05) is 12.6 Å². The number of nitrogens with zero attached hydrogens (tertiary/aromatic N) is 1. The fourth-order valence-corrected chi connectivity index (χ4v) is 2.43. The quantitative estimate of drug-likeness (QED) is 0.779. The lowest BCUT2D eigenvalue weighted by molar-refractivity contribution is 0.618. The summed E-state index contributed by atoms with van der Waals surface area (Å²) in [6.07, 6.45) is 8.06. The highest BCUT2D eigenvalue weighted by Gasteiger charge is 2.12. The Kier molecular flexibility index (Phi) is 4.65. The Hall–Kier alpha value is -1.25. The standard InChI is InChI=1S/C14H23N3/c1-2-15-13-10-7-11-14(17-13)16-12-8-5-3-4-6-9-12/h7,10-12H,2-6,8-9H2,1H3,(H2,15,16,17). The second-order valence-corrected chi connectivity index (χ2v) is 4.77. The van der Waals surface area contributed by atoms with Crippen LogP contribution in [-0.2, 0) is 0 Å². The van der Waals surface area contributed by atoms with Crippen molar-refractivity contribution in [3.63, 3.8) is 0 Å². The summed E-state index contributed by atoms with van der Waals surface area (Å²) in [7, 11) is 0. The minimum atomic E-state index is 0.613. The molecule has 1 saturated carbocycles. The van der Waals surface area contributed by atoms with E-state index in [2.05, 4.69) is 34.7 Å². The number of pyridine rings is 1. The van der Waals surface area contributed by atoms with Crippen LogP contribution in [-0.4, -0.2) is 17.6 Å². The van der Waals surface area contributed by atoms with Crippen molar-refractivity contribution in [3.8, 4) is 0 Å². The molecule has 3 nitrogen and oxygen atoms in total. The summed E-state index contributed by atoms with van der Waals surface area (Å²) >= 11 is 0. The molecule has 1 aromatic rings. The molecular formula is C14H23N3. The largest absolute Gasteiger partial charge is 0.370 e. The first-order chi connectivity index (χ1) is 8.38. The second-order valence-electron chi connectivity index (χ2n) is 4.77. The van der Waals surface area contributed by atoms with Crippen molar-refractivity contribution < 1.29 is 0 Å². The molecule has 1 fully saturated rings. The number of nitrogens with one attached hydrogen (secondary N) is 2. The summed E-state index contributed by atoms with van der Waals surface area (Å²) in [5.41, 5.74) is 0. The average molecular weight is 233 g/mol. The third-order valence-electron chi connectivity index (χ3n) is 3.31. The first-order valence-electron chi connectivity index (χ1n) is 6.86. The monoisotopic (exact) mass is 233 g/mol. The fourth-order valence-electron chi connectivity index (χ4n) is 2.43. The molecule has 0 bridgehead atoms. The van der Waals surface area contributed by atoms with E-state index in [9.17, 15) is 0 Å². The molecule has 0 aromatic carbocycles. The van der Waals surface area contributed by atoms with E-state index >= 15 is 0 Å². The first kappa shape index (κ1) is 12.2. The Balaban J connectivity index is 1.94. The molecule has 0 radical (unpaired) electrons. The Morgan fingerprint density at radius 3 is 2.53 bits per heavy atom. The van der Waals surface area contributed by atoms with Crippen molar-refractivity contribution >= 4 is 11.6 Å². The molecule has 94 valence electrons. The predicted molar refractivity (Wildman–Crippen MR) is 73.5 cm³/mol. The zero-order valence-corrected chi connectivity index (χ0v) is 10.7. The number of rotatable bonds is 4. The number of anilines is 2. The molecule has 1 aliphatic carbocycles. The van der Waals surface area contributed by atoms with Crippen LogP contribution in [0.2, 0.25) is 0 Å². The average Bonchev–Trinajstić information content (AvgIpc) is 2.59. The topological polar surface area (TPSA) is 37.0 Å². The van der Waals surface area contributed by atoms with Gasteiger partial charge in [0.15, 0.2) is 0 Å². The van der Waals surface area contributed by atoms with Crippen molar-refractivity contribution in [1.29, 1.82) is 0 Å². The van der Waals surface area contributed by atoms with Gasteiger partial charge in [0.25, 0.3) is 0 Å². The summed E-state index contributed by atoms with van der Waals surface area (Å²) in [4.78, 5) is 4.56. The van der Waals surface area contributed by atoms with Gasteiger partial charge in [0.1, 0.15) is 11.6 Å². The molecule has 17 heavy (non-hydrogen) atoms. The third-order valence-corrected chi connectivity index (χ3v) is 3.31. The van der Waals surface area contributed by atoms with Gasteiger partial charge in [0.05, 0.1) is 0 Å². The first-order valence-corrected chi connectivity index (χ1v) is 6.86. The minimum absolute atomic E-state index is 0.613. The summed E-state index contributed by atoms with van der Waals surface area (Å²) in [6, 6.07) is 6.75. The van der Waals surface area contributed by atoms with Crippen LogP contribution in [0, 0.1) is 0 Å². The van der Waals surface area contributed by atoms with Crippen molar-refractivity contribution in [2.24, 2.45) is 0 Å². The summed E-state index contributed by atoms with van der Waals surface area (Å²) in [5, 5.41) is 6.81. The van der Waals surface area contributed by atoms with Gasteiger partial charge in [-0.2, -0.15) is 0 Å². The Labute approximate surface area is 104 Å². The van der Waals surface area contributed by atoms with Crippen LogP contribution in [0.15, 0.2) is 18.2 Å². The van der Waals surface area contributed by atoms with Crippen LogP contribution in [0.5, 0.6) is 0 Å². The van der Waals surface area contributed by atoms with Gasteiger partial charge in [-0.25, -0.2) is 4.98 Å². The Morgan fingerprint density at radius 1 is 1.12 bits per heavy atom. The van der Waals surface area contributed by atoms with Gasteiger partial charge in [-0.05, 0) is 31.9 Å². The Morgan fingerprint density at radius 2 is 1.82 bits per heavy atom. The predicted octanol–water partition coefficient (Wildman–Crippen LogP) is 3.65. The van der Waals surface area contributed by atoms with Crippen molar-refractivity contribution in [3.05, 3.63) is 18.2 Å². The van der Waals surface area contributed by atoms with Gasteiger partial charge < -0.3 is 10.6 Å². The highest BCUT2D eigenvalue weighted by atomic mass is 15.1. The highest BCUT2D eigenvalue weighted by molar-refractivity contribution is 5.45. The third kappa shape index (κ3) is 3.91.